The van der Waals surface area contributed by atoms with E-state index in [-0.39, 0.29) is 24.1 Å². The summed E-state index contributed by atoms with van der Waals surface area (Å²) in [5, 5.41) is 12.0. The number of ether oxygens (including phenoxy) is 1. The SMILES string of the molecule is CNC(=O)c1cc(O)cc(OCc2ccc(F)cc2)c1. The summed E-state index contributed by atoms with van der Waals surface area (Å²) in [4.78, 5) is 11.5. The monoisotopic (exact) mass is 275 g/mol. The van der Waals surface area contributed by atoms with Crippen LogP contribution in [0.25, 0.3) is 0 Å². The van der Waals surface area contributed by atoms with Crippen molar-refractivity contribution in [1.82, 2.24) is 5.32 Å². The molecule has 2 rings (SSSR count). The Morgan fingerprint density at radius 1 is 1.25 bits per heavy atom. The highest BCUT2D eigenvalue weighted by Gasteiger charge is 2.07. The van der Waals surface area contributed by atoms with Gasteiger partial charge in [-0.3, -0.25) is 4.79 Å². The van der Waals surface area contributed by atoms with Gasteiger partial charge in [0.1, 0.15) is 23.9 Å². The maximum absolute atomic E-state index is 12.8. The van der Waals surface area contributed by atoms with Gasteiger partial charge in [0, 0.05) is 18.7 Å². The summed E-state index contributed by atoms with van der Waals surface area (Å²) in [6.07, 6.45) is 0. The molecule has 5 heteroatoms. The Labute approximate surface area is 115 Å². The van der Waals surface area contributed by atoms with Gasteiger partial charge in [-0.15, -0.1) is 0 Å². The molecule has 2 aromatic rings. The number of rotatable bonds is 4. The minimum absolute atomic E-state index is 0.0554. The Balaban J connectivity index is 2.11. The predicted octanol–water partition coefficient (Wildman–Crippen LogP) is 2.47. The number of aromatic hydroxyl groups is 1. The molecule has 0 spiro atoms. The highest BCUT2D eigenvalue weighted by molar-refractivity contribution is 5.94. The van der Waals surface area contributed by atoms with Crippen molar-refractivity contribution in [2.24, 2.45) is 0 Å². The van der Waals surface area contributed by atoms with Crippen LogP contribution in [0, 0.1) is 5.82 Å². The Kier molecular flexibility index (Phi) is 4.20. The topological polar surface area (TPSA) is 58.6 Å². The molecule has 4 nitrogen and oxygen atoms in total. The highest BCUT2D eigenvalue weighted by Crippen LogP contribution is 2.22. The molecule has 2 aromatic carbocycles. The first-order valence-corrected chi connectivity index (χ1v) is 6.02. The zero-order valence-corrected chi connectivity index (χ0v) is 10.9. The van der Waals surface area contributed by atoms with Gasteiger partial charge < -0.3 is 15.2 Å². The Morgan fingerprint density at radius 3 is 2.60 bits per heavy atom. The molecule has 0 fully saturated rings. The van der Waals surface area contributed by atoms with Gasteiger partial charge in [-0.05, 0) is 29.8 Å². The average molecular weight is 275 g/mol. The minimum atomic E-state index is -0.312. The van der Waals surface area contributed by atoms with Crippen LogP contribution in [0.3, 0.4) is 0 Å². The standard InChI is InChI=1S/C15H14FNO3/c1-17-15(19)11-6-13(18)8-14(7-11)20-9-10-2-4-12(16)5-3-10/h2-8,18H,9H2,1H3,(H,17,19). The molecule has 1 amide bonds. The van der Waals surface area contributed by atoms with E-state index in [0.717, 1.165) is 5.56 Å². The van der Waals surface area contributed by atoms with E-state index in [2.05, 4.69) is 5.32 Å². The lowest BCUT2D eigenvalue weighted by Crippen LogP contribution is -2.17. The Bertz CT molecular complexity index is 611. The number of amides is 1. The summed E-state index contributed by atoms with van der Waals surface area (Å²) in [6, 6.07) is 10.2. The van der Waals surface area contributed by atoms with Crippen LogP contribution >= 0.6 is 0 Å². The van der Waals surface area contributed by atoms with Crippen molar-refractivity contribution in [1.29, 1.82) is 0 Å². The Hall–Kier alpha value is -2.56. The minimum Gasteiger partial charge on any atom is -0.508 e. The van der Waals surface area contributed by atoms with Crippen molar-refractivity contribution in [3.8, 4) is 11.5 Å². The Morgan fingerprint density at radius 2 is 1.95 bits per heavy atom. The fourth-order valence-electron chi connectivity index (χ4n) is 1.69. The van der Waals surface area contributed by atoms with Gasteiger partial charge in [-0.2, -0.15) is 0 Å². The third kappa shape index (κ3) is 3.47. The van der Waals surface area contributed by atoms with Crippen LogP contribution in [0.15, 0.2) is 42.5 Å². The van der Waals surface area contributed by atoms with Gasteiger partial charge in [0.25, 0.3) is 5.91 Å². The van der Waals surface area contributed by atoms with Crippen LogP contribution in [0.5, 0.6) is 11.5 Å². The second-order valence-corrected chi connectivity index (χ2v) is 4.21. The third-order valence-corrected chi connectivity index (χ3v) is 2.70. The average Bonchev–Trinajstić information content (AvgIpc) is 2.45. The molecular formula is C15H14FNO3. The molecule has 0 bridgehead atoms. The molecule has 20 heavy (non-hydrogen) atoms. The molecule has 0 saturated carbocycles. The van der Waals surface area contributed by atoms with E-state index >= 15 is 0 Å². The molecule has 104 valence electrons. The molecule has 0 aliphatic heterocycles. The molecule has 0 aromatic heterocycles. The van der Waals surface area contributed by atoms with Crippen molar-refractivity contribution < 1.29 is 19.0 Å². The van der Waals surface area contributed by atoms with E-state index in [1.165, 1.54) is 37.4 Å². The quantitative estimate of drug-likeness (QED) is 0.901. The van der Waals surface area contributed by atoms with Crippen LogP contribution < -0.4 is 10.1 Å². The summed E-state index contributed by atoms with van der Waals surface area (Å²) in [5.41, 5.74) is 1.10. The van der Waals surface area contributed by atoms with Gasteiger partial charge in [-0.25, -0.2) is 4.39 Å². The maximum atomic E-state index is 12.8. The van der Waals surface area contributed by atoms with Crippen molar-refractivity contribution in [2.45, 2.75) is 6.61 Å². The first-order chi connectivity index (χ1) is 9.58. The molecule has 0 atom stereocenters. The van der Waals surface area contributed by atoms with Crippen LogP contribution in [-0.2, 0) is 6.61 Å². The zero-order valence-electron chi connectivity index (χ0n) is 10.9. The molecule has 0 aliphatic rings. The largest absolute Gasteiger partial charge is 0.508 e. The van der Waals surface area contributed by atoms with Gasteiger partial charge in [-0.1, -0.05) is 12.1 Å². The fraction of sp³-hybridized carbons (Fsp3) is 0.133. The lowest BCUT2D eigenvalue weighted by Gasteiger charge is -2.09. The lowest BCUT2D eigenvalue weighted by atomic mass is 10.2. The van der Waals surface area contributed by atoms with Gasteiger partial charge in [0.2, 0.25) is 0 Å². The lowest BCUT2D eigenvalue weighted by molar-refractivity contribution is 0.0962. The summed E-state index contributed by atoms with van der Waals surface area (Å²) in [7, 11) is 1.51. The zero-order chi connectivity index (χ0) is 14.5. The summed E-state index contributed by atoms with van der Waals surface area (Å²) >= 11 is 0. The number of benzene rings is 2. The van der Waals surface area contributed by atoms with E-state index < -0.39 is 0 Å². The number of carbonyl (C=O) groups is 1. The van der Waals surface area contributed by atoms with Gasteiger partial charge in [0.15, 0.2) is 0 Å². The first kappa shape index (κ1) is 13.9. The predicted molar refractivity (Wildman–Crippen MR) is 72.2 cm³/mol. The molecule has 0 heterocycles. The number of hydrogen-bond donors (Lipinski definition) is 2. The van der Waals surface area contributed by atoms with Crippen LogP contribution in [0.4, 0.5) is 4.39 Å². The smallest absolute Gasteiger partial charge is 0.251 e. The number of carbonyl (C=O) groups excluding carboxylic acids is 1. The second kappa shape index (κ2) is 6.06. The van der Waals surface area contributed by atoms with Crippen molar-refractivity contribution >= 4 is 5.91 Å². The van der Waals surface area contributed by atoms with E-state index in [1.807, 2.05) is 0 Å². The number of phenols is 1. The normalized spacial score (nSPS) is 10.1. The van der Waals surface area contributed by atoms with E-state index in [4.69, 9.17) is 4.74 Å². The second-order valence-electron chi connectivity index (χ2n) is 4.21. The number of phenolic OH excluding ortho intramolecular Hbond substituents is 1. The molecule has 0 aliphatic carbocycles. The molecule has 0 saturated heterocycles. The van der Waals surface area contributed by atoms with Crippen LogP contribution in [-0.4, -0.2) is 18.1 Å². The summed E-state index contributed by atoms with van der Waals surface area (Å²) < 4.78 is 18.3. The first-order valence-electron chi connectivity index (χ1n) is 6.02. The molecular weight excluding hydrogens is 261 g/mol. The number of halogens is 1. The number of hydrogen-bond acceptors (Lipinski definition) is 3. The third-order valence-electron chi connectivity index (χ3n) is 2.70. The van der Waals surface area contributed by atoms with Gasteiger partial charge >= 0.3 is 0 Å². The number of nitrogens with one attached hydrogen (secondary N) is 1. The fourth-order valence-corrected chi connectivity index (χ4v) is 1.69. The van der Waals surface area contributed by atoms with E-state index in [9.17, 15) is 14.3 Å². The van der Waals surface area contributed by atoms with E-state index in [0.29, 0.717) is 11.3 Å². The molecule has 2 N–H and O–H groups in total. The summed E-state index contributed by atoms with van der Waals surface area (Å²) in [5.74, 6) is -0.311. The summed E-state index contributed by atoms with van der Waals surface area (Å²) in [6.45, 7) is 0.219. The van der Waals surface area contributed by atoms with Crippen LogP contribution in [0.1, 0.15) is 15.9 Å². The highest BCUT2D eigenvalue weighted by atomic mass is 19.1. The van der Waals surface area contributed by atoms with Crippen LogP contribution in [0.2, 0.25) is 0 Å². The van der Waals surface area contributed by atoms with Gasteiger partial charge in [0.05, 0.1) is 0 Å². The maximum Gasteiger partial charge on any atom is 0.251 e. The molecule has 0 radical (unpaired) electrons. The van der Waals surface area contributed by atoms with Crippen molar-refractivity contribution in [3.63, 3.8) is 0 Å². The van der Waals surface area contributed by atoms with Crippen molar-refractivity contribution in [3.05, 3.63) is 59.4 Å². The molecule has 0 unspecified atom stereocenters. The van der Waals surface area contributed by atoms with E-state index in [1.54, 1.807) is 12.1 Å². The van der Waals surface area contributed by atoms with Crippen molar-refractivity contribution in [2.75, 3.05) is 7.05 Å².